The van der Waals surface area contributed by atoms with Crippen LogP contribution in [-0.4, -0.2) is 90.5 Å². The molecule has 0 unspecified atom stereocenters. The van der Waals surface area contributed by atoms with Crippen LogP contribution in [0.2, 0.25) is 0 Å². The van der Waals surface area contributed by atoms with Gasteiger partial charge in [0.15, 0.2) is 0 Å². The van der Waals surface area contributed by atoms with E-state index in [4.69, 9.17) is 21.3 Å². The fourth-order valence-electron chi connectivity index (χ4n) is 7.27. The summed E-state index contributed by atoms with van der Waals surface area (Å²) in [6.07, 6.45) is 6.25. The molecule has 0 N–H and O–H groups in total. The molecule has 0 radical (unpaired) electrons. The average molecular weight is 622 g/mol. The first-order valence-electron chi connectivity index (χ1n) is 16.4. The number of aromatic nitrogens is 2. The van der Waals surface area contributed by atoms with E-state index in [1.807, 2.05) is 7.05 Å². The maximum atomic E-state index is 12.9. The first kappa shape index (κ1) is 31.3. The highest BCUT2D eigenvalue weighted by Crippen LogP contribution is 2.36. The van der Waals surface area contributed by atoms with Crippen LogP contribution < -0.4 is 14.5 Å². The lowest BCUT2D eigenvalue weighted by Crippen LogP contribution is -2.56. The molecule has 2 aliphatic heterocycles. The van der Waals surface area contributed by atoms with Crippen LogP contribution in [0.1, 0.15) is 42.5 Å². The Hall–Kier alpha value is -4.65. The number of amides is 2. The number of carbonyl (C=O) groups is 2. The number of carbonyl (C=O) groups excluding carboxylic acids is 2. The Morgan fingerprint density at radius 1 is 1.11 bits per heavy atom. The number of nitrogens with zero attached hydrogens (tertiary/aromatic N) is 7. The lowest BCUT2D eigenvalue weighted by molar-refractivity contribution is -0.134. The standard InChI is InChI=1S/C36H43N7O3/c1-5-32(44)43-19-18-42(23-28(43)22-37-3)34-29-16-17-41(31-15-9-14-26-13-8-10-25(2)33(26)31)24-30(29)38-36(39-34)46-21-20-40(4)35(45)27-11-6-7-12-27/h5,8-10,13-15,27-28H,1,6-7,11-12,16-24H2,2,4H3/t28-/m0/s1. The van der Waals surface area contributed by atoms with Gasteiger partial charge in [0, 0.05) is 55.8 Å². The van der Waals surface area contributed by atoms with Crippen LogP contribution >= 0.6 is 0 Å². The molecule has 0 spiro atoms. The molecule has 2 aromatic carbocycles. The van der Waals surface area contributed by atoms with Gasteiger partial charge in [-0.3, -0.25) is 9.59 Å². The summed E-state index contributed by atoms with van der Waals surface area (Å²) in [5.41, 5.74) is 4.42. The first-order valence-corrected chi connectivity index (χ1v) is 16.4. The van der Waals surface area contributed by atoms with Gasteiger partial charge in [0.05, 0.1) is 18.8 Å². The second-order valence-electron chi connectivity index (χ2n) is 12.6. The second kappa shape index (κ2) is 13.8. The van der Waals surface area contributed by atoms with Crippen molar-refractivity contribution in [1.29, 1.82) is 0 Å². The smallest absolute Gasteiger partial charge is 0.318 e. The molecule has 3 aromatic rings. The fraction of sp³-hybridized carbons (Fsp3) is 0.472. The SMILES string of the molecule is [C-]#[N+]C[C@H]1CN(c2nc(OCCN(C)C(=O)C3CCCC3)nc3c2CCN(c2cccc4cccc(C)c24)C3)CCN1C(=O)C=C. The summed E-state index contributed by atoms with van der Waals surface area (Å²) in [7, 11) is 1.84. The Kier molecular flexibility index (Phi) is 9.38. The average Bonchev–Trinajstić information content (AvgIpc) is 3.62. The largest absolute Gasteiger partial charge is 0.462 e. The third-order valence-electron chi connectivity index (χ3n) is 9.73. The van der Waals surface area contributed by atoms with E-state index < -0.39 is 0 Å². The van der Waals surface area contributed by atoms with Crippen molar-refractivity contribution in [2.75, 3.05) is 62.7 Å². The number of rotatable bonds is 9. The number of benzene rings is 2. The monoisotopic (exact) mass is 621 g/mol. The van der Waals surface area contributed by atoms with Crippen molar-refractivity contribution in [3.8, 4) is 6.01 Å². The predicted octanol–water partition coefficient (Wildman–Crippen LogP) is 4.65. The van der Waals surface area contributed by atoms with Crippen LogP contribution in [0.3, 0.4) is 0 Å². The maximum absolute atomic E-state index is 12.9. The van der Waals surface area contributed by atoms with Gasteiger partial charge in [-0.15, -0.1) is 0 Å². The summed E-state index contributed by atoms with van der Waals surface area (Å²) in [5.74, 6) is 0.964. The van der Waals surface area contributed by atoms with Gasteiger partial charge in [-0.25, -0.2) is 6.57 Å². The van der Waals surface area contributed by atoms with E-state index in [-0.39, 0.29) is 36.3 Å². The quantitative estimate of drug-likeness (QED) is 0.254. The molecule has 10 nitrogen and oxygen atoms in total. The van der Waals surface area contributed by atoms with Crippen LogP contribution in [0.15, 0.2) is 49.1 Å². The van der Waals surface area contributed by atoms with Gasteiger partial charge in [0.2, 0.25) is 18.4 Å². The molecule has 2 amide bonds. The number of fused-ring (bicyclic) bond motifs is 2. The van der Waals surface area contributed by atoms with Gasteiger partial charge < -0.3 is 29.2 Å². The zero-order chi connectivity index (χ0) is 32.2. The van der Waals surface area contributed by atoms with Crippen molar-refractivity contribution in [2.24, 2.45) is 5.92 Å². The second-order valence-corrected chi connectivity index (χ2v) is 12.6. The van der Waals surface area contributed by atoms with Gasteiger partial charge >= 0.3 is 6.01 Å². The third-order valence-corrected chi connectivity index (χ3v) is 9.73. The van der Waals surface area contributed by atoms with Crippen LogP contribution in [-0.2, 0) is 22.6 Å². The minimum Gasteiger partial charge on any atom is -0.462 e. The summed E-state index contributed by atoms with van der Waals surface area (Å²) >= 11 is 0. The van der Waals surface area contributed by atoms with Crippen molar-refractivity contribution >= 4 is 34.1 Å². The maximum Gasteiger partial charge on any atom is 0.318 e. The van der Waals surface area contributed by atoms with E-state index in [2.05, 4.69) is 64.5 Å². The Bertz CT molecular complexity index is 1660. The Balaban J connectivity index is 1.28. The van der Waals surface area contributed by atoms with Crippen molar-refractivity contribution < 1.29 is 14.3 Å². The molecule has 1 saturated carbocycles. The highest BCUT2D eigenvalue weighted by atomic mass is 16.5. The van der Waals surface area contributed by atoms with Gasteiger partial charge in [-0.1, -0.05) is 49.8 Å². The van der Waals surface area contributed by atoms with Crippen molar-refractivity contribution in [2.45, 2.75) is 51.6 Å². The number of ether oxygens (including phenoxy) is 1. The number of likely N-dealkylation sites (N-methyl/N-ethyl adjacent to an activating group) is 1. The number of piperazine rings is 1. The molecule has 2 fully saturated rings. The van der Waals surface area contributed by atoms with E-state index in [1.165, 1.54) is 28.1 Å². The molecule has 46 heavy (non-hydrogen) atoms. The van der Waals surface area contributed by atoms with Crippen LogP contribution in [0.25, 0.3) is 15.6 Å². The summed E-state index contributed by atoms with van der Waals surface area (Å²) in [6.45, 7) is 17.3. The molecular weight excluding hydrogens is 578 g/mol. The normalized spacial score (nSPS) is 18.3. The molecule has 1 saturated heterocycles. The van der Waals surface area contributed by atoms with Crippen LogP contribution in [0.4, 0.5) is 11.5 Å². The van der Waals surface area contributed by atoms with Crippen molar-refractivity contribution in [1.82, 2.24) is 19.8 Å². The van der Waals surface area contributed by atoms with E-state index in [0.29, 0.717) is 39.3 Å². The van der Waals surface area contributed by atoms with Gasteiger partial charge in [-0.05, 0) is 49.3 Å². The first-order chi connectivity index (χ1) is 22.4. The number of hydrogen-bond donors (Lipinski definition) is 0. The molecule has 0 bridgehead atoms. The van der Waals surface area contributed by atoms with Crippen LogP contribution in [0, 0.1) is 19.4 Å². The molecule has 10 heteroatoms. The van der Waals surface area contributed by atoms with E-state index in [1.54, 1.807) is 9.80 Å². The minimum atomic E-state index is -0.263. The van der Waals surface area contributed by atoms with Gasteiger partial charge in [0.25, 0.3) is 0 Å². The minimum absolute atomic E-state index is 0.121. The Morgan fingerprint density at radius 3 is 2.65 bits per heavy atom. The topological polar surface area (TPSA) is 86.5 Å². The summed E-state index contributed by atoms with van der Waals surface area (Å²) in [4.78, 5) is 47.1. The number of aryl methyl sites for hydroxylation is 1. The van der Waals surface area contributed by atoms with Crippen molar-refractivity contribution in [3.05, 3.63) is 77.3 Å². The lowest BCUT2D eigenvalue weighted by Gasteiger charge is -2.41. The zero-order valence-electron chi connectivity index (χ0n) is 27.0. The molecule has 1 atom stereocenters. The lowest BCUT2D eigenvalue weighted by atomic mass is 9.99. The fourth-order valence-corrected chi connectivity index (χ4v) is 7.27. The summed E-state index contributed by atoms with van der Waals surface area (Å²) in [6, 6.07) is 12.9. The molecule has 3 aliphatic rings. The number of anilines is 2. The highest BCUT2D eigenvalue weighted by molar-refractivity contribution is 5.97. The van der Waals surface area contributed by atoms with Gasteiger partial charge in [-0.2, -0.15) is 9.97 Å². The van der Waals surface area contributed by atoms with Crippen LogP contribution in [0.5, 0.6) is 6.01 Å². The van der Waals surface area contributed by atoms with E-state index in [0.717, 1.165) is 55.7 Å². The summed E-state index contributed by atoms with van der Waals surface area (Å²) < 4.78 is 6.18. The summed E-state index contributed by atoms with van der Waals surface area (Å²) in [5, 5.41) is 2.46. The Morgan fingerprint density at radius 2 is 1.89 bits per heavy atom. The molecule has 1 aliphatic carbocycles. The van der Waals surface area contributed by atoms with Crippen molar-refractivity contribution in [3.63, 3.8) is 0 Å². The van der Waals surface area contributed by atoms with E-state index >= 15 is 0 Å². The third kappa shape index (κ3) is 6.37. The highest BCUT2D eigenvalue weighted by Gasteiger charge is 2.35. The Labute approximate surface area is 271 Å². The molecular formula is C36H43N7O3. The number of hydrogen-bond acceptors (Lipinski definition) is 7. The molecule has 6 rings (SSSR count). The molecule has 1 aromatic heterocycles. The predicted molar refractivity (Wildman–Crippen MR) is 180 cm³/mol. The molecule has 3 heterocycles. The van der Waals surface area contributed by atoms with Gasteiger partial charge in [0.1, 0.15) is 18.5 Å². The molecule has 240 valence electrons. The van der Waals surface area contributed by atoms with E-state index in [9.17, 15) is 9.59 Å². The zero-order valence-corrected chi connectivity index (χ0v) is 27.0.